The zero-order valence-corrected chi connectivity index (χ0v) is 20.4. The average Bonchev–Trinajstić information content (AvgIpc) is 3.46. The van der Waals surface area contributed by atoms with E-state index in [1.54, 1.807) is 12.1 Å². The molecule has 8 rings (SSSR count). The molecule has 0 N–H and O–H groups in total. The van der Waals surface area contributed by atoms with Crippen molar-refractivity contribution in [2.75, 3.05) is 0 Å². The molecule has 3 aliphatic carbocycles. The molecule has 1 spiro atoms. The van der Waals surface area contributed by atoms with Crippen molar-refractivity contribution in [1.82, 2.24) is 0 Å². The molecule has 4 aromatic carbocycles. The molecule has 1 aromatic heterocycles. The van der Waals surface area contributed by atoms with E-state index >= 15 is 0 Å². The third kappa shape index (κ3) is 2.32. The van der Waals surface area contributed by atoms with E-state index in [1.165, 1.54) is 27.8 Å². The van der Waals surface area contributed by atoms with Gasteiger partial charge in [-0.05, 0) is 80.9 Å². The van der Waals surface area contributed by atoms with Crippen LogP contribution in [0.5, 0.6) is 0 Å². The Balaban J connectivity index is 1.60. The van der Waals surface area contributed by atoms with Crippen molar-refractivity contribution in [3.63, 3.8) is 0 Å². The Kier molecular flexibility index (Phi) is 3.73. The molecule has 3 unspecified atom stereocenters. The van der Waals surface area contributed by atoms with Gasteiger partial charge < -0.3 is 4.42 Å². The van der Waals surface area contributed by atoms with Gasteiger partial charge in [-0.1, -0.05) is 67.6 Å². The van der Waals surface area contributed by atoms with Crippen LogP contribution >= 0.6 is 9.24 Å². The third-order valence-corrected chi connectivity index (χ3v) is 8.54. The van der Waals surface area contributed by atoms with Crippen LogP contribution in [-0.2, 0) is 5.41 Å². The molecule has 0 fully saturated rings. The molecule has 35 heavy (non-hydrogen) atoms. The lowest BCUT2D eigenvalue weighted by atomic mass is 9.69. The maximum absolute atomic E-state index is 14.9. The highest BCUT2D eigenvalue weighted by Crippen LogP contribution is 2.65. The van der Waals surface area contributed by atoms with Gasteiger partial charge in [0.1, 0.15) is 17.0 Å². The van der Waals surface area contributed by atoms with Crippen LogP contribution in [0.1, 0.15) is 35.6 Å². The normalized spacial score (nSPS) is 21.6. The summed E-state index contributed by atoms with van der Waals surface area (Å²) >= 11 is 0. The quantitative estimate of drug-likeness (QED) is 0.209. The Morgan fingerprint density at radius 1 is 0.886 bits per heavy atom. The number of hydrogen-bond donors (Lipinski definition) is 0. The Bertz CT molecular complexity index is 1770. The maximum atomic E-state index is 14.9. The molecule has 0 aliphatic heterocycles. The highest BCUT2D eigenvalue weighted by Gasteiger charge is 2.55. The van der Waals surface area contributed by atoms with E-state index in [9.17, 15) is 4.39 Å². The number of fused-ring (bicyclic) bond motifs is 14. The lowest BCUT2D eigenvalue weighted by molar-refractivity contribution is 0.621. The Morgan fingerprint density at radius 3 is 2.57 bits per heavy atom. The zero-order chi connectivity index (χ0) is 23.5. The molecule has 3 aliphatic rings. The van der Waals surface area contributed by atoms with Crippen molar-refractivity contribution in [1.29, 1.82) is 0 Å². The minimum atomic E-state index is -0.553. The maximum Gasteiger partial charge on any atom is 0.143 e. The van der Waals surface area contributed by atoms with Crippen LogP contribution in [0.3, 0.4) is 0 Å². The fourth-order valence-corrected chi connectivity index (χ4v) is 7.09. The highest BCUT2D eigenvalue weighted by molar-refractivity contribution is 7.27. The number of halogens is 1. The van der Waals surface area contributed by atoms with Crippen LogP contribution in [-0.4, -0.2) is 0 Å². The van der Waals surface area contributed by atoms with E-state index in [0.29, 0.717) is 5.92 Å². The van der Waals surface area contributed by atoms with E-state index in [1.807, 2.05) is 18.2 Å². The van der Waals surface area contributed by atoms with Crippen LogP contribution in [0, 0.1) is 11.7 Å². The number of para-hydroxylation sites is 1. The van der Waals surface area contributed by atoms with Gasteiger partial charge >= 0.3 is 0 Å². The minimum Gasteiger partial charge on any atom is -0.455 e. The van der Waals surface area contributed by atoms with Crippen LogP contribution in [0.15, 0.2) is 94.9 Å². The second-order valence-electron chi connectivity index (χ2n) is 10.1. The molecule has 5 aromatic rings. The minimum absolute atomic E-state index is 0.199. The van der Waals surface area contributed by atoms with E-state index < -0.39 is 5.41 Å². The van der Waals surface area contributed by atoms with Crippen molar-refractivity contribution in [3.05, 3.63) is 119 Å². The van der Waals surface area contributed by atoms with Crippen molar-refractivity contribution in [3.8, 4) is 11.1 Å². The molecule has 0 bridgehead atoms. The van der Waals surface area contributed by atoms with Gasteiger partial charge in [0.25, 0.3) is 0 Å². The summed E-state index contributed by atoms with van der Waals surface area (Å²) in [7, 11) is 2.85. The summed E-state index contributed by atoms with van der Waals surface area (Å²) in [6.45, 7) is 2.27. The van der Waals surface area contributed by atoms with Crippen LogP contribution < -0.4 is 5.30 Å². The summed E-state index contributed by atoms with van der Waals surface area (Å²) in [6.07, 6.45) is 5.78. The number of furan rings is 1. The summed E-state index contributed by atoms with van der Waals surface area (Å²) in [5, 5.41) is 3.39. The fourth-order valence-electron chi connectivity index (χ4n) is 6.83. The van der Waals surface area contributed by atoms with Crippen molar-refractivity contribution in [2.45, 2.75) is 18.8 Å². The molecule has 0 saturated carbocycles. The molecule has 0 amide bonds. The molecule has 0 radical (unpaired) electrons. The van der Waals surface area contributed by atoms with Crippen molar-refractivity contribution in [2.24, 2.45) is 5.92 Å². The lowest BCUT2D eigenvalue weighted by Gasteiger charge is -2.32. The van der Waals surface area contributed by atoms with Crippen LogP contribution in [0.2, 0.25) is 0 Å². The van der Waals surface area contributed by atoms with Crippen LogP contribution in [0.25, 0.3) is 38.6 Å². The third-order valence-electron chi connectivity index (χ3n) is 8.18. The van der Waals surface area contributed by atoms with Gasteiger partial charge in [-0.15, -0.1) is 9.24 Å². The molecule has 3 heteroatoms. The number of hydrogen-bond acceptors (Lipinski definition) is 1. The molecule has 1 heterocycles. The second kappa shape index (κ2) is 6.59. The smallest absolute Gasteiger partial charge is 0.143 e. The Hall–Kier alpha value is -3.48. The molecular weight excluding hydrogens is 450 g/mol. The largest absolute Gasteiger partial charge is 0.455 e. The van der Waals surface area contributed by atoms with E-state index in [4.69, 9.17) is 4.42 Å². The first-order valence-corrected chi connectivity index (χ1v) is 12.7. The zero-order valence-electron chi connectivity index (χ0n) is 19.2. The summed E-state index contributed by atoms with van der Waals surface area (Å²) in [5.41, 5.74) is 10.7. The van der Waals surface area contributed by atoms with Gasteiger partial charge in [0.15, 0.2) is 0 Å². The topological polar surface area (TPSA) is 13.1 Å². The standard InChI is InChI=1S/C32H22FOP/c1-17-6-9-24-26(14-17)32(25-13-12-23-22-4-2-3-5-29(22)34-31(23)30(24)25)27-15-18(33)7-10-20(27)21-11-8-19(35)16-28(21)32/h2-5,7-17H,6,35H2,1H3. The molecule has 168 valence electrons. The first-order chi connectivity index (χ1) is 17.1. The van der Waals surface area contributed by atoms with E-state index in [0.717, 1.165) is 50.4 Å². The summed E-state index contributed by atoms with van der Waals surface area (Å²) in [5.74, 6) is 0.210. The van der Waals surface area contributed by atoms with E-state index in [-0.39, 0.29) is 5.82 Å². The lowest BCUT2D eigenvalue weighted by Crippen LogP contribution is -2.27. The van der Waals surface area contributed by atoms with Crippen molar-refractivity contribution >= 4 is 42.1 Å². The predicted octanol–water partition coefficient (Wildman–Crippen LogP) is 7.90. The Labute approximate surface area is 205 Å². The molecule has 1 nitrogen and oxygen atoms in total. The average molecular weight is 472 g/mol. The number of rotatable bonds is 0. The predicted molar refractivity (Wildman–Crippen MR) is 145 cm³/mol. The van der Waals surface area contributed by atoms with E-state index in [2.05, 4.69) is 70.8 Å². The highest BCUT2D eigenvalue weighted by atomic mass is 31.0. The summed E-state index contributed by atoms with van der Waals surface area (Å²) in [4.78, 5) is 0. The molecule has 3 atom stereocenters. The van der Waals surface area contributed by atoms with Gasteiger partial charge in [0, 0.05) is 16.3 Å². The van der Waals surface area contributed by atoms with Crippen molar-refractivity contribution < 1.29 is 8.81 Å². The van der Waals surface area contributed by atoms with Gasteiger partial charge in [-0.3, -0.25) is 0 Å². The second-order valence-corrected chi connectivity index (χ2v) is 10.8. The SMILES string of the molecule is CC1C=C2C(=CC1)c1c(ccc3c1oc1ccccc13)C21c2cc(F)ccc2-c2ccc(P)cc21. The number of allylic oxidation sites excluding steroid dienone is 4. The molecular formula is C32H22FOP. The Morgan fingerprint density at radius 2 is 1.69 bits per heavy atom. The van der Waals surface area contributed by atoms with Crippen LogP contribution in [0.4, 0.5) is 4.39 Å². The summed E-state index contributed by atoms with van der Waals surface area (Å²) in [6, 6.07) is 24.6. The first kappa shape index (κ1) is 19.8. The fraction of sp³-hybridized carbons (Fsp3) is 0.125. The first-order valence-electron chi connectivity index (χ1n) is 12.2. The van der Waals surface area contributed by atoms with Gasteiger partial charge in [0.05, 0.1) is 5.41 Å². The number of benzene rings is 4. The molecule has 0 saturated heterocycles. The van der Waals surface area contributed by atoms with Gasteiger partial charge in [-0.25, -0.2) is 4.39 Å². The monoisotopic (exact) mass is 472 g/mol. The van der Waals surface area contributed by atoms with Gasteiger partial charge in [0.2, 0.25) is 0 Å². The van der Waals surface area contributed by atoms with Gasteiger partial charge in [-0.2, -0.15) is 0 Å². The summed E-state index contributed by atoms with van der Waals surface area (Å²) < 4.78 is 21.5.